The van der Waals surface area contributed by atoms with Crippen molar-refractivity contribution < 1.29 is 0 Å². The fourth-order valence-electron chi connectivity index (χ4n) is 1.05. The summed E-state index contributed by atoms with van der Waals surface area (Å²) < 4.78 is 0. The van der Waals surface area contributed by atoms with Crippen LogP contribution in [0.25, 0.3) is 0 Å². The first-order valence-corrected chi connectivity index (χ1v) is 5.13. The number of nitrogens with two attached hydrogens (primary N) is 2. The fourth-order valence-corrected chi connectivity index (χ4v) is 1.05. The summed E-state index contributed by atoms with van der Waals surface area (Å²) in [6.07, 6.45) is 0.937. The Labute approximate surface area is 101 Å². The molecule has 11 heteroatoms. The maximum absolute atomic E-state index is 5.57. The van der Waals surface area contributed by atoms with Crippen molar-refractivity contribution in [2.45, 2.75) is 12.2 Å². The summed E-state index contributed by atoms with van der Waals surface area (Å²) in [7, 11) is 20.2. The van der Waals surface area contributed by atoms with E-state index in [9.17, 15) is 0 Å². The molecule has 1 atom stereocenters. The Morgan fingerprint density at radius 1 is 0.933 bits per heavy atom. The van der Waals surface area contributed by atoms with Gasteiger partial charge < -0.3 is 11.5 Å². The highest BCUT2D eigenvalue weighted by Crippen LogP contribution is 2.02. The lowest BCUT2D eigenvalue weighted by molar-refractivity contribution is 0.750. The summed E-state index contributed by atoms with van der Waals surface area (Å²) in [4.78, 5) is 0. The predicted octanol–water partition coefficient (Wildman–Crippen LogP) is -3.80. The average molecular weight is 184 g/mol. The standard InChI is InChI=1S/C4H11B9N2/c5-7-9-11-13-12-10-8-6-4(3-15)1-2-14/h4H,1-3,14-15H2. The Balaban J connectivity index is 3.14. The van der Waals surface area contributed by atoms with E-state index < -0.39 is 0 Å². The van der Waals surface area contributed by atoms with Crippen molar-refractivity contribution in [3.8, 4) is 0 Å². The van der Waals surface area contributed by atoms with Crippen LogP contribution in [0.15, 0.2) is 0 Å². The molecule has 0 aliphatic carbocycles. The molecule has 0 rings (SSSR count). The quantitative estimate of drug-likeness (QED) is 0.256. The van der Waals surface area contributed by atoms with Crippen LogP contribution in [-0.2, 0) is 0 Å². The molecule has 0 amide bonds. The zero-order valence-corrected chi connectivity index (χ0v) is 9.05. The summed E-state index contributed by atoms with van der Waals surface area (Å²) in [6, 6.07) is 0. The second-order valence-corrected chi connectivity index (χ2v) is 3.11. The third kappa shape index (κ3) is 10.8. The van der Waals surface area contributed by atoms with Crippen molar-refractivity contribution in [3.05, 3.63) is 0 Å². The maximum Gasteiger partial charge on any atom is 0.0604 e. The molecular formula is C4H11B9N2. The Kier molecular flexibility index (Phi) is 13.0. The third-order valence-corrected chi connectivity index (χ3v) is 1.89. The minimum atomic E-state index is 0.382. The Bertz CT molecular complexity index is 127. The van der Waals surface area contributed by atoms with Gasteiger partial charge in [-0.2, -0.15) is 0 Å². The van der Waals surface area contributed by atoms with Crippen LogP contribution in [0, 0.1) is 0 Å². The molecule has 0 heterocycles. The number of hydrogen-bond donors (Lipinski definition) is 2. The van der Waals surface area contributed by atoms with E-state index in [1.165, 1.54) is 7.06 Å². The van der Waals surface area contributed by atoms with Crippen LogP contribution in [-0.4, -0.2) is 77.4 Å². The van der Waals surface area contributed by atoms with Crippen molar-refractivity contribution in [1.29, 1.82) is 0 Å². The molecule has 1 unspecified atom stereocenters. The molecule has 0 aliphatic heterocycles. The first kappa shape index (κ1) is 15.5. The molecular weight excluding hydrogens is 173 g/mol. The van der Waals surface area contributed by atoms with E-state index >= 15 is 0 Å². The van der Waals surface area contributed by atoms with Gasteiger partial charge in [-0.3, -0.25) is 0 Å². The second kappa shape index (κ2) is 12.6. The van der Waals surface area contributed by atoms with Crippen molar-refractivity contribution >= 4 is 64.3 Å². The van der Waals surface area contributed by atoms with Gasteiger partial charge >= 0.3 is 0 Å². The summed E-state index contributed by atoms with van der Waals surface area (Å²) >= 11 is 0. The largest absolute Gasteiger partial charge is 0.331 e. The first-order valence-electron chi connectivity index (χ1n) is 5.13. The predicted molar refractivity (Wildman–Crippen MR) is 78.3 cm³/mol. The Hall–Kier alpha value is 0.504. The van der Waals surface area contributed by atoms with Gasteiger partial charge in [0.05, 0.1) is 7.17 Å². The molecule has 64 valence electrons. The highest BCUT2D eigenvalue weighted by Gasteiger charge is 2.06. The topological polar surface area (TPSA) is 52.0 Å². The lowest BCUT2D eigenvalue weighted by atomic mass is 8.90. The van der Waals surface area contributed by atoms with E-state index in [4.69, 9.17) is 19.2 Å². The van der Waals surface area contributed by atoms with Crippen LogP contribution >= 0.6 is 0 Å². The van der Waals surface area contributed by atoms with Gasteiger partial charge in [0.25, 0.3) is 0 Å². The first-order chi connectivity index (χ1) is 7.35. The molecule has 0 fully saturated rings. The van der Waals surface area contributed by atoms with Gasteiger partial charge in [-0.1, -0.05) is 5.82 Å². The Morgan fingerprint density at radius 3 is 2.07 bits per heavy atom. The molecule has 0 saturated heterocycles. The van der Waals surface area contributed by atoms with Crippen LogP contribution in [0.5, 0.6) is 0 Å². The molecule has 0 aliphatic rings. The minimum absolute atomic E-state index is 0.382. The number of hydrogen-bond acceptors (Lipinski definition) is 2. The zero-order chi connectivity index (χ0) is 11.4. The van der Waals surface area contributed by atoms with Crippen LogP contribution in [0.3, 0.4) is 0 Å². The third-order valence-electron chi connectivity index (χ3n) is 1.89. The van der Waals surface area contributed by atoms with Gasteiger partial charge in [0.15, 0.2) is 0 Å². The van der Waals surface area contributed by atoms with Crippen LogP contribution in [0.2, 0.25) is 5.82 Å². The van der Waals surface area contributed by atoms with Gasteiger partial charge in [0, 0.05) is 57.2 Å². The van der Waals surface area contributed by atoms with Crippen LogP contribution < -0.4 is 11.5 Å². The molecule has 0 aromatic carbocycles. The highest BCUT2D eigenvalue weighted by molar-refractivity contribution is 7.67. The minimum Gasteiger partial charge on any atom is -0.331 e. The van der Waals surface area contributed by atoms with Crippen LogP contribution in [0.1, 0.15) is 6.42 Å². The summed E-state index contributed by atoms with van der Waals surface area (Å²) in [5.74, 6) is 0.382. The van der Waals surface area contributed by atoms with Crippen molar-refractivity contribution in [1.82, 2.24) is 0 Å². The molecule has 0 saturated carbocycles. The van der Waals surface area contributed by atoms with Gasteiger partial charge in [0.1, 0.15) is 0 Å². The molecule has 15 heavy (non-hydrogen) atoms. The van der Waals surface area contributed by atoms with Crippen molar-refractivity contribution in [3.63, 3.8) is 0 Å². The fraction of sp³-hybridized carbons (Fsp3) is 1.00. The monoisotopic (exact) mass is 186 g/mol. The van der Waals surface area contributed by atoms with Gasteiger partial charge in [-0.15, -0.1) is 0 Å². The zero-order valence-electron chi connectivity index (χ0n) is 9.05. The van der Waals surface area contributed by atoms with E-state index in [0.717, 1.165) is 6.42 Å². The second-order valence-electron chi connectivity index (χ2n) is 3.11. The van der Waals surface area contributed by atoms with E-state index in [0.29, 0.717) is 18.9 Å². The van der Waals surface area contributed by atoms with E-state index in [1.807, 2.05) is 35.3 Å². The van der Waals surface area contributed by atoms with Crippen LogP contribution in [0.4, 0.5) is 0 Å². The van der Waals surface area contributed by atoms with Gasteiger partial charge in [-0.05, 0) is 19.5 Å². The summed E-state index contributed by atoms with van der Waals surface area (Å²) in [6.45, 7) is 1.32. The smallest absolute Gasteiger partial charge is 0.0604 e. The maximum atomic E-state index is 5.57. The number of rotatable bonds is 11. The Morgan fingerprint density at radius 2 is 1.53 bits per heavy atom. The highest BCUT2D eigenvalue weighted by atomic mass is 14.6. The van der Waals surface area contributed by atoms with Gasteiger partial charge in [0.2, 0.25) is 0 Å². The summed E-state index contributed by atoms with van der Waals surface area (Å²) in [5, 5.41) is 0. The lowest BCUT2D eigenvalue weighted by Crippen LogP contribution is -2.32. The molecule has 0 aromatic heterocycles. The molecule has 0 bridgehead atoms. The van der Waals surface area contributed by atoms with Gasteiger partial charge in [-0.25, -0.2) is 0 Å². The SMILES string of the molecule is [B][B][B][B][B][B][B][B][B]C(CN)CCN. The van der Waals surface area contributed by atoms with Crippen molar-refractivity contribution in [2.24, 2.45) is 11.5 Å². The lowest BCUT2D eigenvalue weighted by Gasteiger charge is -2.11. The molecule has 4 N–H and O–H groups in total. The normalized spacial score (nSPS) is 10.8. The average Bonchev–Trinajstić information content (AvgIpc) is 2.26. The molecule has 2 nitrogen and oxygen atoms in total. The summed E-state index contributed by atoms with van der Waals surface area (Å²) in [5.41, 5.74) is 11.0. The molecule has 10 radical (unpaired) electrons. The van der Waals surface area contributed by atoms with E-state index in [2.05, 4.69) is 7.17 Å². The molecule has 0 aromatic rings. The van der Waals surface area contributed by atoms with Crippen molar-refractivity contribution in [2.75, 3.05) is 13.1 Å². The van der Waals surface area contributed by atoms with E-state index in [1.54, 1.807) is 7.06 Å². The molecule has 0 spiro atoms. The van der Waals surface area contributed by atoms with E-state index in [-0.39, 0.29) is 0 Å².